The molecule has 0 aliphatic heterocycles. The van der Waals surface area contributed by atoms with E-state index in [-0.39, 0.29) is 12.1 Å². The highest BCUT2D eigenvalue weighted by atomic mass is 16.5. The maximum atomic E-state index is 13.5. The van der Waals surface area contributed by atoms with Gasteiger partial charge in [0.2, 0.25) is 0 Å². The Kier molecular flexibility index (Phi) is 9.15. The van der Waals surface area contributed by atoms with Gasteiger partial charge in [-0.1, -0.05) is 116 Å². The molecule has 0 saturated carbocycles. The second kappa shape index (κ2) is 13.1. The molecule has 4 rings (SSSR count). The minimum Gasteiger partial charge on any atom is -0.489 e. The Balaban J connectivity index is 1.57. The summed E-state index contributed by atoms with van der Waals surface area (Å²) in [6, 6.07) is 38.4. The van der Waals surface area contributed by atoms with Gasteiger partial charge in [0.05, 0.1) is 6.04 Å². The minimum absolute atomic E-state index is 0.0643. The first-order valence-electron chi connectivity index (χ1n) is 12.6. The van der Waals surface area contributed by atoms with E-state index >= 15 is 0 Å². The van der Waals surface area contributed by atoms with Crippen molar-refractivity contribution in [1.29, 1.82) is 0 Å². The maximum absolute atomic E-state index is 13.5. The van der Waals surface area contributed by atoms with E-state index in [1.807, 2.05) is 83.8 Å². The van der Waals surface area contributed by atoms with Crippen molar-refractivity contribution >= 4 is 6.03 Å². The van der Waals surface area contributed by atoms with Gasteiger partial charge in [-0.2, -0.15) is 0 Å². The first-order valence-corrected chi connectivity index (χ1v) is 12.6. The van der Waals surface area contributed by atoms with Crippen LogP contribution in [-0.4, -0.2) is 17.5 Å². The molecule has 2 amide bonds. The van der Waals surface area contributed by atoms with Crippen LogP contribution in [0.15, 0.2) is 115 Å². The number of hydrogen-bond acceptors (Lipinski definition) is 2. The van der Waals surface area contributed by atoms with Gasteiger partial charge >= 0.3 is 6.03 Å². The molecule has 0 saturated heterocycles. The standard InChI is InChI=1S/C32H34N2O2/c1-2-3-23-33-32(35)34(31(28-15-9-5-10-16-28)29-17-11-6-12-18-29)24-26-19-21-30(22-20-26)36-25-27-13-7-4-8-14-27/h4-22,31H,2-3,23-25H2,1H3,(H,33,35). The number of benzene rings is 4. The van der Waals surface area contributed by atoms with Crippen LogP contribution in [0.5, 0.6) is 5.75 Å². The van der Waals surface area contributed by atoms with Gasteiger partial charge in [-0.15, -0.1) is 0 Å². The molecule has 4 aromatic rings. The summed E-state index contributed by atoms with van der Waals surface area (Å²) in [5.74, 6) is 0.809. The van der Waals surface area contributed by atoms with Crippen molar-refractivity contribution in [1.82, 2.24) is 10.2 Å². The smallest absolute Gasteiger partial charge is 0.318 e. The molecule has 0 heterocycles. The van der Waals surface area contributed by atoms with E-state index in [9.17, 15) is 4.79 Å². The predicted octanol–water partition coefficient (Wildman–Crippen LogP) is 7.37. The predicted molar refractivity (Wildman–Crippen MR) is 146 cm³/mol. The summed E-state index contributed by atoms with van der Waals surface area (Å²) in [7, 11) is 0. The van der Waals surface area contributed by atoms with E-state index < -0.39 is 0 Å². The number of carbonyl (C=O) groups is 1. The fourth-order valence-corrected chi connectivity index (χ4v) is 4.21. The Morgan fingerprint density at radius 1 is 0.750 bits per heavy atom. The fraction of sp³-hybridized carbons (Fsp3) is 0.219. The molecule has 36 heavy (non-hydrogen) atoms. The molecular formula is C32H34N2O2. The van der Waals surface area contributed by atoms with Crippen molar-refractivity contribution in [3.05, 3.63) is 138 Å². The molecular weight excluding hydrogens is 444 g/mol. The molecule has 0 aromatic heterocycles. The van der Waals surface area contributed by atoms with Gasteiger partial charge in [-0.3, -0.25) is 0 Å². The van der Waals surface area contributed by atoms with Gasteiger partial charge in [-0.25, -0.2) is 4.79 Å². The highest BCUT2D eigenvalue weighted by Gasteiger charge is 2.27. The van der Waals surface area contributed by atoms with Crippen LogP contribution in [0, 0.1) is 0 Å². The number of nitrogens with zero attached hydrogens (tertiary/aromatic N) is 1. The van der Waals surface area contributed by atoms with Crippen LogP contribution in [0.25, 0.3) is 0 Å². The van der Waals surface area contributed by atoms with Crippen LogP contribution < -0.4 is 10.1 Å². The van der Waals surface area contributed by atoms with Crippen molar-refractivity contribution in [2.45, 2.75) is 39.0 Å². The van der Waals surface area contributed by atoms with Crippen LogP contribution in [0.3, 0.4) is 0 Å². The average molecular weight is 479 g/mol. The molecule has 0 unspecified atom stereocenters. The lowest BCUT2D eigenvalue weighted by Crippen LogP contribution is -2.42. The molecule has 0 fully saturated rings. The Bertz CT molecular complexity index is 1140. The van der Waals surface area contributed by atoms with Crippen LogP contribution >= 0.6 is 0 Å². The van der Waals surface area contributed by atoms with E-state index in [1.165, 1.54) is 0 Å². The SMILES string of the molecule is CCCCNC(=O)N(Cc1ccc(OCc2ccccc2)cc1)C(c1ccccc1)c1ccccc1. The minimum atomic E-state index is -0.206. The summed E-state index contributed by atoms with van der Waals surface area (Å²) in [6.07, 6.45) is 1.99. The number of carbonyl (C=O) groups excluding carboxylic acids is 1. The van der Waals surface area contributed by atoms with E-state index in [0.29, 0.717) is 19.7 Å². The topological polar surface area (TPSA) is 41.6 Å². The largest absolute Gasteiger partial charge is 0.489 e. The Morgan fingerprint density at radius 2 is 1.31 bits per heavy atom. The summed E-state index contributed by atoms with van der Waals surface area (Å²) in [5.41, 5.74) is 4.34. The first-order chi connectivity index (χ1) is 17.7. The van der Waals surface area contributed by atoms with Crippen LogP contribution in [-0.2, 0) is 13.2 Å². The lowest BCUT2D eigenvalue weighted by atomic mass is 9.96. The van der Waals surface area contributed by atoms with Crippen molar-refractivity contribution in [2.24, 2.45) is 0 Å². The molecule has 0 atom stereocenters. The summed E-state index contributed by atoms with van der Waals surface area (Å²) in [5, 5.41) is 3.14. The average Bonchev–Trinajstić information content (AvgIpc) is 2.94. The highest BCUT2D eigenvalue weighted by molar-refractivity contribution is 5.75. The van der Waals surface area contributed by atoms with Crippen LogP contribution in [0.2, 0.25) is 0 Å². The third-order valence-corrected chi connectivity index (χ3v) is 6.13. The number of nitrogens with one attached hydrogen (secondary N) is 1. The van der Waals surface area contributed by atoms with Crippen molar-refractivity contribution in [3.8, 4) is 5.75 Å². The van der Waals surface area contributed by atoms with E-state index in [0.717, 1.165) is 40.8 Å². The van der Waals surface area contributed by atoms with E-state index in [2.05, 4.69) is 48.6 Å². The second-order valence-electron chi connectivity index (χ2n) is 8.86. The molecule has 0 radical (unpaired) electrons. The molecule has 0 spiro atoms. The van der Waals surface area contributed by atoms with Gasteiger partial charge < -0.3 is 15.0 Å². The van der Waals surface area contributed by atoms with Crippen molar-refractivity contribution in [2.75, 3.05) is 6.54 Å². The molecule has 4 heteroatoms. The normalized spacial score (nSPS) is 10.7. The number of ether oxygens (including phenoxy) is 1. The Labute approximate surface area is 214 Å². The van der Waals surface area contributed by atoms with Crippen molar-refractivity contribution in [3.63, 3.8) is 0 Å². The quantitative estimate of drug-likeness (QED) is 0.229. The molecule has 0 aliphatic rings. The molecule has 0 bridgehead atoms. The number of urea groups is 1. The Hall–Kier alpha value is -4.05. The first kappa shape index (κ1) is 25.1. The summed E-state index contributed by atoms with van der Waals surface area (Å²) in [4.78, 5) is 15.5. The summed E-state index contributed by atoms with van der Waals surface area (Å²) < 4.78 is 5.96. The van der Waals surface area contributed by atoms with E-state index in [4.69, 9.17) is 4.74 Å². The van der Waals surface area contributed by atoms with E-state index in [1.54, 1.807) is 0 Å². The third kappa shape index (κ3) is 6.98. The summed E-state index contributed by atoms with van der Waals surface area (Å²) in [6.45, 7) is 3.79. The highest BCUT2D eigenvalue weighted by Crippen LogP contribution is 2.30. The van der Waals surface area contributed by atoms with Crippen LogP contribution in [0.4, 0.5) is 4.79 Å². The molecule has 4 nitrogen and oxygen atoms in total. The summed E-state index contributed by atoms with van der Waals surface area (Å²) >= 11 is 0. The lowest BCUT2D eigenvalue weighted by Gasteiger charge is -2.33. The van der Waals surface area contributed by atoms with Gasteiger partial charge in [0.25, 0.3) is 0 Å². The molecule has 184 valence electrons. The zero-order chi connectivity index (χ0) is 25.0. The number of amides is 2. The number of rotatable bonds is 11. The monoisotopic (exact) mass is 478 g/mol. The maximum Gasteiger partial charge on any atom is 0.318 e. The zero-order valence-electron chi connectivity index (χ0n) is 20.8. The number of unbranched alkanes of at least 4 members (excludes halogenated alkanes) is 1. The van der Waals surface area contributed by atoms with Crippen LogP contribution in [0.1, 0.15) is 48.1 Å². The lowest BCUT2D eigenvalue weighted by molar-refractivity contribution is 0.180. The van der Waals surface area contributed by atoms with Crippen molar-refractivity contribution < 1.29 is 9.53 Å². The molecule has 4 aromatic carbocycles. The van der Waals surface area contributed by atoms with Gasteiger partial charge in [-0.05, 0) is 40.8 Å². The fourth-order valence-electron chi connectivity index (χ4n) is 4.21. The zero-order valence-corrected chi connectivity index (χ0v) is 20.8. The number of hydrogen-bond donors (Lipinski definition) is 1. The third-order valence-electron chi connectivity index (χ3n) is 6.13. The second-order valence-corrected chi connectivity index (χ2v) is 8.86. The molecule has 1 N–H and O–H groups in total. The van der Waals surface area contributed by atoms with Gasteiger partial charge in [0.1, 0.15) is 12.4 Å². The Morgan fingerprint density at radius 3 is 1.86 bits per heavy atom. The van der Waals surface area contributed by atoms with Gasteiger partial charge in [0, 0.05) is 13.1 Å². The molecule has 0 aliphatic carbocycles. The van der Waals surface area contributed by atoms with Gasteiger partial charge in [0.15, 0.2) is 0 Å².